The predicted octanol–water partition coefficient (Wildman–Crippen LogP) is 2.18. The van der Waals surface area contributed by atoms with E-state index in [0.29, 0.717) is 6.04 Å². The SMILES string of the molecule is CCC(CCBr)NCC1CCOC1. The molecule has 1 rings (SSSR count). The van der Waals surface area contributed by atoms with Crippen LogP contribution in [-0.2, 0) is 4.74 Å². The van der Waals surface area contributed by atoms with Gasteiger partial charge in [0.2, 0.25) is 0 Å². The second-order valence-electron chi connectivity index (χ2n) is 3.72. The van der Waals surface area contributed by atoms with Crippen molar-refractivity contribution in [1.82, 2.24) is 5.32 Å². The molecular weight excluding hydrogens is 230 g/mol. The van der Waals surface area contributed by atoms with Gasteiger partial charge in [-0.1, -0.05) is 22.9 Å². The van der Waals surface area contributed by atoms with Crippen molar-refractivity contribution in [3.05, 3.63) is 0 Å². The van der Waals surface area contributed by atoms with Crippen molar-refractivity contribution in [3.63, 3.8) is 0 Å². The molecule has 0 aliphatic carbocycles. The van der Waals surface area contributed by atoms with E-state index in [-0.39, 0.29) is 0 Å². The van der Waals surface area contributed by atoms with Gasteiger partial charge in [-0.05, 0) is 25.2 Å². The average Bonchev–Trinajstić information content (AvgIpc) is 2.64. The Morgan fingerprint density at radius 1 is 1.62 bits per heavy atom. The molecular formula is C10H20BrNO. The number of halogens is 1. The number of hydrogen-bond donors (Lipinski definition) is 1. The molecule has 0 aromatic carbocycles. The maximum Gasteiger partial charge on any atom is 0.0507 e. The standard InChI is InChI=1S/C10H20BrNO/c1-2-10(3-5-11)12-7-9-4-6-13-8-9/h9-10,12H,2-8H2,1H3. The zero-order valence-corrected chi connectivity index (χ0v) is 9.98. The Balaban J connectivity index is 2.07. The van der Waals surface area contributed by atoms with E-state index in [9.17, 15) is 0 Å². The molecule has 0 aromatic heterocycles. The van der Waals surface area contributed by atoms with Crippen LogP contribution in [0.25, 0.3) is 0 Å². The summed E-state index contributed by atoms with van der Waals surface area (Å²) in [5.41, 5.74) is 0. The van der Waals surface area contributed by atoms with E-state index >= 15 is 0 Å². The first-order valence-corrected chi connectivity index (χ1v) is 6.36. The molecule has 2 nitrogen and oxygen atoms in total. The van der Waals surface area contributed by atoms with Crippen LogP contribution in [0, 0.1) is 5.92 Å². The molecule has 1 aliphatic heterocycles. The molecule has 78 valence electrons. The van der Waals surface area contributed by atoms with E-state index in [1.165, 1.54) is 19.3 Å². The van der Waals surface area contributed by atoms with E-state index in [1.54, 1.807) is 0 Å². The number of hydrogen-bond acceptors (Lipinski definition) is 2. The third-order valence-electron chi connectivity index (χ3n) is 2.67. The van der Waals surface area contributed by atoms with Gasteiger partial charge in [-0.3, -0.25) is 0 Å². The molecule has 0 radical (unpaired) electrons. The number of alkyl halides is 1. The highest BCUT2D eigenvalue weighted by molar-refractivity contribution is 9.09. The molecule has 1 aliphatic rings. The first-order chi connectivity index (χ1) is 6.36. The Morgan fingerprint density at radius 3 is 3.00 bits per heavy atom. The molecule has 0 spiro atoms. The quantitative estimate of drug-likeness (QED) is 0.729. The second-order valence-corrected chi connectivity index (χ2v) is 4.51. The van der Waals surface area contributed by atoms with Crippen molar-refractivity contribution >= 4 is 15.9 Å². The average molecular weight is 250 g/mol. The second kappa shape index (κ2) is 6.80. The fraction of sp³-hybridized carbons (Fsp3) is 1.00. The van der Waals surface area contributed by atoms with Gasteiger partial charge in [-0.25, -0.2) is 0 Å². The number of ether oxygens (including phenoxy) is 1. The predicted molar refractivity (Wildman–Crippen MR) is 59.4 cm³/mol. The van der Waals surface area contributed by atoms with E-state index in [4.69, 9.17) is 4.74 Å². The lowest BCUT2D eigenvalue weighted by Crippen LogP contribution is -2.33. The van der Waals surface area contributed by atoms with Gasteiger partial charge in [0.1, 0.15) is 0 Å². The lowest BCUT2D eigenvalue weighted by molar-refractivity contribution is 0.184. The van der Waals surface area contributed by atoms with Crippen LogP contribution in [0.15, 0.2) is 0 Å². The zero-order chi connectivity index (χ0) is 9.52. The van der Waals surface area contributed by atoms with Crippen LogP contribution in [-0.4, -0.2) is 31.1 Å². The van der Waals surface area contributed by atoms with Crippen LogP contribution in [0.5, 0.6) is 0 Å². The van der Waals surface area contributed by atoms with Gasteiger partial charge in [0.05, 0.1) is 6.61 Å². The highest BCUT2D eigenvalue weighted by Gasteiger charge is 2.16. The minimum Gasteiger partial charge on any atom is -0.381 e. The summed E-state index contributed by atoms with van der Waals surface area (Å²) < 4.78 is 5.33. The van der Waals surface area contributed by atoms with Crippen molar-refractivity contribution in [2.75, 3.05) is 25.1 Å². The summed E-state index contributed by atoms with van der Waals surface area (Å²) in [6.45, 7) is 5.29. The zero-order valence-electron chi connectivity index (χ0n) is 8.39. The molecule has 3 heteroatoms. The van der Waals surface area contributed by atoms with Crippen molar-refractivity contribution in [1.29, 1.82) is 0 Å². The Labute approximate surface area is 89.5 Å². The van der Waals surface area contributed by atoms with Crippen molar-refractivity contribution in [2.45, 2.75) is 32.2 Å². The van der Waals surface area contributed by atoms with Gasteiger partial charge in [-0.15, -0.1) is 0 Å². The number of rotatable bonds is 6. The van der Waals surface area contributed by atoms with Gasteiger partial charge in [0, 0.05) is 24.5 Å². The molecule has 0 saturated carbocycles. The summed E-state index contributed by atoms with van der Waals surface area (Å²) >= 11 is 3.48. The largest absolute Gasteiger partial charge is 0.381 e. The van der Waals surface area contributed by atoms with Crippen LogP contribution in [0.1, 0.15) is 26.2 Å². The summed E-state index contributed by atoms with van der Waals surface area (Å²) in [4.78, 5) is 0. The summed E-state index contributed by atoms with van der Waals surface area (Å²) in [5.74, 6) is 0.754. The highest BCUT2D eigenvalue weighted by Crippen LogP contribution is 2.11. The molecule has 0 aromatic rings. The lowest BCUT2D eigenvalue weighted by atomic mass is 10.1. The van der Waals surface area contributed by atoms with Crippen molar-refractivity contribution < 1.29 is 4.74 Å². The third-order valence-corrected chi connectivity index (χ3v) is 3.13. The first-order valence-electron chi connectivity index (χ1n) is 5.24. The minimum absolute atomic E-state index is 0.681. The smallest absolute Gasteiger partial charge is 0.0507 e. The first kappa shape index (κ1) is 11.5. The Kier molecular flexibility index (Phi) is 6.00. The van der Waals surface area contributed by atoms with Crippen LogP contribution in [0.4, 0.5) is 0 Å². The molecule has 0 amide bonds. The fourth-order valence-electron chi connectivity index (χ4n) is 1.66. The Morgan fingerprint density at radius 2 is 2.46 bits per heavy atom. The number of nitrogens with one attached hydrogen (secondary N) is 1. The maximum absolute atomic E-state index is 5.33. The Hall–Kier alpha value is 0.400. The van der Waals surface area contributed by atoms with E-state index in [1.807, 2.05) is 0 Å². The fourth-order valence-corrected chi connectivity index (χ4v) is 2.21. The van der Waals surface area contributed by atoms with E-state index in [2.05, 4.69) is 28.2 Å². The monoisotopic (exact) mass is 249 g/mol. The summed E-state index contributed by atoms with van der Waals surface area (Å²) in [6, 6.07) is 0.681. The van der Waals surface area contributed by atoms with Gasteiger partial charge in [-0.2, -0.15) is 0 Å². The van der Waals surface area contributed by atoms with Gasteiger partial charge >= 0.3 is 0 Å². The molecule has 2 atom stereocenters. The highest BCUT2D eigenvalue weighted by atomic mass is 79.9. The van der Waals surface area contributed by atoms with Crippen LogP contribution < -0.4 is 5.32 Å². The maximum atomic E-state index is 5.33. The summed E-state index contributed by atoms with van der Waals surface area (Å²) in [7, 11) is 0. The minimum atomic E-state index is 0.681. The van der Waals surface area contributed by atoms with Crippen LogP contribution in [0.2, 0.25) is 0 Å². The van der Waals surface area contributed by atoms with Gasteiger partial charge in [0.25, 0.3) is 0 Å². The third kappa shape index (κ3) is 4.43. The topological polar surface area (TPSA) is 21.3 Å². The van der Waals surface area contributed by atoms with E-state index in [0.717, 1.165) is 31.0 Å². The normalized spacial score (nSPS) is 24.9. The van der Waals surface area contributed by atoms with Gasteiger partial charge < -0.3 is 10.1 Å². The molecule has 13 heavy (non-hydrogen) atoms. The molecule has 1 saturated heterocycles. The van der Waals surface area contributed by atoms with Crippen LogP contribution in [0.3, 0.4) is 0 Å². The Bertz CT molecular complexity index is 126. The van der Waals surface area contributed by atoms with Crippen molar-refractivity contribution in [3.8, 4) is 0 Å². The molecule has 2 unspecified atom stereocenters. The molecule has 1 fully saturated rings. The van der Waals surface area contributed by atoms with Crippen molar-refractivity contribution in [2.24, 2.45) is 5.92 Å². The summed E-state index contributed by atoms with van der Waals surface area (Å²) in [6.07, 6.45) is 3.68. The summed E-state index contributed by atoms with van der Waals surface area (Å²) in [5, 5.41) is 4.70. The molecule has 1 N–H and O–H groups in total. The lowest BCUT2D eigenvalue weighted by Gasteiger charge is -2.17. The molecule has 0 bridgehead atoms. The van der Waals surface area contributed by atoms with E-state index < -0.39 is 0 Å². The van der Waals surface area contributed by atoms with Crippen LogP contribution >= 0.6 is 15.9 Å². The molecule has 1 heterocycles. The van der Waals surface area contributed by atoms with Gasteiger partial charge in [0.15, 0.2) is 0 Å².